The molecule has 1 aliphatic rings. The fourth-order valence-corrected chi connectivity index (χ4v) is 3.19. The zero-order valence-electron chi connectivity index (χ0n) is 12.5. The molecule has 0 spiro atoms. The molecule has 1 aliphatic heterocycles. The highest BCUT2D eigenvalue weighted by Crippen LogP contribution is 2.31. The summed E-state index contributed by atoms with van der Waals surface area (Å²) in [7, 11) is 0. The minimum Gasteiger partial charge on any atom is -0.361 e. The Hall–Kier alpha value is -1.61. The Kier molecular flexibility index (Phi) is 3.62. The van der Waals surface area contributed by atoms with Gasteiger partial charge in [-0.3, -0.25) is 4.90 Å². The summed E-state index contributed by atoms with van der Waals surface area (Å²) in [6.45, 7) is 8.72. The van der Waals surface area contributed by atoms with Gasteiger partial charge in [-0.05, 0) is 63.9 Å². The van der Waals surface area contributed by atoms with Crippen LogP contribution in [0.25, 0.3) is 11.1 Å². The summed E-state index contributed by atoms with van der Waals surface area (Å²) in [5, 5.41) is 4.06. The molecule has 0 aliphatic carbocycles. The van der Waals surface area contributed by atoms with Gasteiger partial charge in [0.25, 0.3) is 0 Å². The number of aromatic nitrogens is 1. The topological polar surface area (TPSA) is 29.3 Å². The van der Waals surface area contributed by atoms with Crippen LogP contribution in [0.4, 0.5) is 0 Å². The Morgan fingerprint density at radius 2 is 1.95 bits per heavy atom. The van der Waals surface area contributed by atoms with Crippen molar-refractivity contribution in [1.82, 2.24) is 10.1 Å². The zero-order chi connectivity index (χ0) is 14.1. The molecule has 106 valence electrons. The minimum absolute atomic E-state index is 0.484. The first-order chi connectivity index (χ1) is 9.66. The van der Waals surface area contributed by atoms with Crippen molar-refractivity contribution in [3.63, 3.8) is 0 Å². The second kappa shape index (κ2) is 5.41. The summed E-state index contributed by atoms with van der Waals surface area (Å²) in [6.07, 6.45) is 2.65. The molecule has 3 nitrogen and oxygen atoms in total. The SMILES string of the molecule is Cc1noc(C)c1-c1cccc(C(C)N2CCCC2)c1. The van der Waals surface area contributed by atoms with E-state index in [1.54, 1.807) is 0 Å². The van der Waals surface area contributed by atoms with E-state index >= 15 is 0 Å². The molecule has 1 aromatic carbocycles. The highest BCUT2D eigenvalue weighted by atomic mass is 16.5. The molecule has 1 fully saturated rings. The average Bonchev–Trinajstić information content (AvgIpc) is 3.09. The Morgan fingerprint density at radius 1 is 1.20 bits per heavy atom. The number of likely N-dealkylation sites (tertiary alicyclic amines) is 1. The summed E-state index contributed by atoms with van der Waals surface area (Å²) in [4.78, 5) is 2.56. The predicted molar refractivity (Wildman–Crippen MR) is 80.6 cm³/mol. The van der Waals surface area contributed by atoms with Crippen LogP contribution >= 0.6 is 0 Å². The van der Waals surface area contributed by atoms with Gasteiger partial charge in [0.1, 0.15) is 5.76 Å². The molecule has 0 amide bonds. The van der Waals surface area contributed by atoms with E-state index in [2.05, 4.69) is 41.2 Å². The second-order valence-electron chi connectivity index (χ2n) is 5.74. The van der Waals surface area contributed by atoms with Gasteiger partial charge in [0.05, 0.1) is 5.69 Å². The number of aryl methyl sites for hydroxylation is 2. The maximum absolute atomic E-state index is 5.29. The van der Waals surface area contributed by atoms with Gasteiger partial charge in [-0.2, -0.15) is 0 Å². The quantitative estimate of drug-likeness (QED) is 0.840. The zero-order valence-corrected chi connectivity index (χ0v) is 12.5. The van der Waals surface area contributed by atoms with E-state index in [0.29, 0.717) is 6.04 Å². The third kappa shape index (κ3) is 2.38. The van der Waals surface area contributed by atoms with Crippen molar-refractivity contribution in [2.24, 2.45) is 0 Å². The molecular formula is C17H22N2O. The van der Waals surface area contributed by atoms with Gasteiger partial charge < -0.3 is 4.52 Å². The van der Waals surface area contributed by atoms with Crippen molar-refractivity contribution < 1.29 is 4.52 Å². The molecule has 0 radical (unpaired) electrons. The van der Waals surface area contributed by atoms with Gasteiger partial charge in [-0.1, -0.05) is 23.4 Å². The van der Waals surface area contributed by atoms with Crippen LogP contribution in [-0.2, 0) is 0 Å². The lowest BCUT2D eigenvalue weighted by atomic mass is 9.98. The van der Waals surface area contributed by atoms with Gasteiger partial charge in [0.2, 0.25) is 0 Å². The Morgan fingerprint density at radius 3 is 2.60 bits per heavy atom. The van der Waals surface area contributed by atoms with Gasteiger partial charge in [0.15, 0.2) is 0 Å². The predicted octanol–water partition coefficient (Wildman–Crippen LogP) is 4.12. The largest absolute Gasteiger partial charge is 0.361 e. The van der Waals surface area contributed by atoms with Crippen molar-refractivity contribution in [2.75, 3.05) is 13.1 Å². The highest BCUT2D eigenvalue weighted by molar-refractivity contribution is 5.68. The molecule has 0 saturated carbocycles. The van der Waals surface area contributed by atoms with E-state index in [4.69, 9.17) is 4.52 Å². The maximum atomic E-state index is 5.29. The van der Waals surface area contributed by atoms with Crippen LogP contribution in [0.15, 0.2) is 28.8 Å². The first kappa shape index (κ1) is 13.4. The van der Waals surface area contributed by atoms with E-state index in [1.807, 2.05) is 13.8 Å². The van der Waals surface area contributed by atoms with E-state index < -0.39 is 0 Å². The third-order valence-corrected chi connectivity index (χ3v) is 4.38. The molecule has 1 atom stereocenters. The van der Waals surface area contributed by atoms with Crippen LogP contribution in [0.1, 0.15) is 42.8 Å². The highest BCUT2D eigenvalue weighted by Gasteiger charge is 2.20. The number of hydrogen-bond acceptors (Lipinski definition) is 3. The van der Waals surface area contributed by atoms with Crippen LogP contribution in [0.3, 0.4) is 0 Å². The average molecular weight is 270 g/mol. The first-order valence-corrected chi connectivity index (χ1v) is 7.44. The molecule has 1 saturated heterocycles. The summed E-state index contributed by atoms with van der Waals surface area (Å²) in [5.74, 6) is 0.897. The second-order valence-corrected chi connectivity index (χ2v) is 5.74. The van der Waals surface area contributed by atoms with Crippen molar-refractivity contribution in [3.05, 3.63) is 41.3 Å². The number of rotatable bonds is 3. The molecular weight excluding hydrogens is 248 g/mol. The summed E-state index contributed by atoms with van der Waals surface area (Å²) in [5.41, 5.74) is 4.70. The fourth-order valence-electron chi connectivity index (χ4n) is 3.19. The van der Waals surface area contributed by atoms with Crippen LogP contribution in [0.5, 0.6) is 0 Å². The van der Waals surface area contributed by atoms with Crippen LogP contribution in [-0.4, -0.2) is 23.1 Å². The molecule has 3 heteroatoms. The summed E-state index contributed by atoms with van der Waals surface area (Å²) >= 11 is 0. The lowest BCUT2D eigenvalue weighted by Gasteiger charge is -2.24. The number of benzene rings is 1. The van der Waals surface area contributed by atoms with Crippen molar-refractivity contribution in [1.29, 1.82) is 0 Å². The third-order valence-electron chi connectivity index (χ3n) is 4.38. The lowest BCUT2D eigenvalue weighted by molar-refractivity contribution is 0.263. The van der Waals surface area contributed by atoms with Crippen molar-refractivity contribution in [3.8, 4) is 11.1 Å². The van der Waals surface area contributed by atoms with Crippen LogP contribution in [0.2, 0.25) is 0 Å². The van der Waals surface area contributed by atoms with Crippen molar-refractivity contribution in [2.45, 2.75) is 39.7 Å². The van der Waals surface area contributed by atoms with E-state index in [0.717, 1.165) is 17.0 Å². The Bertz CT molecular complexity index is 577. The lowest BCUT2D eigenvalue weighted by Crippen LogP contribution is -2.23. The minimum atomic E-state index is 0.484. The maximum Gasteiger partial charge on any atom is 0.141 e. The molecule has 20 heavy (non-hydrogen) atoms. The fraction of sp³-hybridized carbons (Fsp3) is 0.471. The monoisotopic (exact) mass is 270 g/mol. The van der Waals surface area contributed by atoms with E-state index in [9.17, 15) is 0 Å². The molecule has 0 bridgehead atoms. The Labute approximate surface area is 120 Å². The number of nitrogens with zero attached hydrogens (tertiary/aromatic N) is 2. The standard InChI is InChI=1S/C17H22N2O/c1-12-17(14(3)20-18-12)16-8-6-7-15(11-16)13(2)19-9-4-5-10-19/h6-8,11,13H,4-5,9-10H2,1-3H3. The van der Waals surface area contributed by atoms with Gasteiger partial charge in [-0.25, -0.2) is 0 Å². The van der Waals surface area contributed by atoms with E-state index in [1.165, 1.54) is 37.1 Å². The van der Waals surface area contributed by atoms with Crippen molar-refractivity contribution >= 4 is 0 Å². The summed E-state index contributed by atoms with van der Waals surface area (Å²) < 4.78 is 5.29. The normalized spacial score (nSPS) is 17.6. The van der Waals surface area contributed by atoms with Crippen LogP contribution in [0, 0.1) is 13.8 Å². The molecule has 2 heterocycles. The number of hydrogen-bond donors (Lipinski definition) is 0. The van der Waals surface area contributed by atoms with Gasteiger partial charge in [-0.15, -0.1) is 0 Å². The molecule has 1 unspecified atom stereocenters. The first-order valence-electron chi connectivity index (χ1n) is 7.44. The summed E-state index contributed by atoms with van der Waals surface area (Å²) in [6, 6.07) is 9.29. The smallest absolute Gasteiger partial charge is 0.141 e. The molecule has 0 N–H and O–H groups in total. The van der Waals surface area contributed by atoms with Crippen LogP contribution < -0.4 is 0 Å². The molecule has 1 aromatic heterocycles. The molecule has 2 aromatic rings. The van der Waals surface area contributed by atoms with E-state index in [-0.39, 0.29) is 0 Å². The molecule has 3 rings (SSSR count). The van der Waals surface area contributed by atoms with Gasteiger partial charge >= 0.3 is 0 Å². The Balaban J connectivity index is 1.93. The van der Waals surface area contributed by atoms with Gasteiger partial charge in [0, 0.05) is 11.6 Å².